The van der Waals surface area contributed by atoms with Gasteiger partial charge in [-0.15, -0.1) is 0 Å². The second-order valence-electron chi connectivity index (χ2n) is 10.2. The van der Waals surface area contributed by atoms with Crippen LogP contribution in [0.5, 0.6) is 0 Å². The predicted octanol–water partition coefficient (Wildman–Crippen LogP) is 3.51. The Morgan fingerprint density at radius 2 is 1.88 bits per heavy atom. The number of piperidine rings is 1. The van der Waals surface area contributed by atoms with Crippen molar-refractivity contribution < 1.29 is 22.4 Å². The first kappa shape index (κ1) is 30.1. The number of nitrogens with one attached hydrogen (secondary N) is 3. The van der Waals surface area contributed by atoms with E-state index in [1.165, 1.54) is 48.3 Å². The second kappa shape index (κ2) is 13.7. The minimum Gasteiger partial charge on any atom is -0.365 e. The third-order valence-electron chi connectivity index (χ3n) is 7.37. The van der Waals surface area contributed by atoms with Crippen molar-refractivity contribution in [3.8, 4) is 0 Å². The van der Waals surface area contributed by atoms with Crippen molar-refractivity contribution in [2.45, 2.75) is 57.4 Å². The Kier molecular flexibility index (Phi) is 10.3. The van der Waals surface area contributed by atoms with E-state index in [2.05, 4.69) is 41.8 Å². The van der Waals surface area contributed by atoms with E-state index in [-0.39, 0.29) is 35.5 Å². The molecule has 2 aromatic rings. The molecule has 5 N–H and O–H groups in total. The summed E-state index contributed by atoms with van der Waals surface area (Å²) in [6.45, 7) is 0.778. The summed E-state index contributed by atoms with van der Waals surface area (Å²) in [4.78, 5) is 32.5. The SMILES string of the molecule is NC(=O)c1c(F)cccc1Nc1nc(NC2CCN(S(=O)(=O)CCNC(=O)CCC3CCCC3)CC2)ncc1Br. The molecule has 40 heavy (non-hydrogen) atoms. The number of rotatable bonds is 12. The van der Waals surface area contributed by atoms with Gasteiger partial charge >= 0.3 is 0 Å². The van der Waals surface area contributed by atoms with Crippen LogP contribution in [0.25, 0.3) is 0 Å². The topological polar surface area (TPSA) is 159 Å². The number of carbonyl (C=O) groups excluding carboxylic acids is 2. The summed E-state index contributed by atoms with van der Waals surface area (Å²) < 4.78 is 41.7. The first-order chi connectivity index (χ1) is 19.1. The molecule has 0 radical (unpaired) electrons. The van der Waals surface area contributed by atoms with E-state index in [0.717, 1.165) is 12.5 Å². The number of carbonyl (C=O) groups is 2. The van der Waals surface area contributed by atoms with Crippen LogP contribution in [-0.4, -0.2) is 65.9 Å². The number of hydrogen-bond donors (Lipinski definition) is 4. The Hall–Kier alpha value is -2.84. The minimum absolute atomic E-state index is 0.0638. The van der Waals surface area contributed by atoms with Gasteiger partial charge in [0.15, 0.2) is 0 Å². The first-order valence-electron chi connectivity index (χ1n) is 13.5. The maximum atomic E-state index is 14.1. The number of nitrogens with two attached hydrogens (primary N) is 1. The van der Waals surface area contributed by atoms with E-state index < -0.39 is 21.7 Å². The van der Waals surface area contributed by atoms with Gasteiger partial charge < -0.3 is 21.7 Å². The molecule has 0 atom stereocenters. The monoisotopic (exact) mass is 639 g/mol. The number of amides is 2. The fourth-order valence-electron chi connectivity index (χ4n) is 5.16. The molecule has 2 heterocycles. The van der Waals surface area contributed by atoms with Gasteiger partial charge in [-0.2, -0.15) is 4.98 Å². The molecule has 11 nitrogen and oxygen atoms in total. The number of primary amides is 1. The lowest BCUT2D eigenvalue weighted by Crippen LogP contribution is -2.45. The van der Waals surface area contributed by atoms with E-state index in [4.69, 9.17) is 5.73 Å². The molecule has 0 unspecified atom stereocenters. The highest BCUT2D eigenvalue weighted by atomic mass is 79.9. The molecule has 4 rings (SSSR count). The van der Waals surface area contributed by atoms with Gasteiger partial charge in [0.1, 0.15) is 11.6 Å². The number of aromatic nitrogens is 2. The minimum atomic E-state index is -3.49. The summed E-state index contributed by atoms with van der Waals surface area (Å²) in [6.07, 6.45) is 8.78. The standard InChI is InChI=1S/C26H35BrFN7O4S/c27-19-16-31-26(34-25(19)33-21-7-3-6-20(28)23(21)24(29)37)32-18-10-13-35(14-11-18)40(38,39)15-12-30-22(36)9-8-17-4-1-2-5-17/h3,6-7,16-18H,1-2,4-5,8-15H2,(H2,29,37)(H,30,36)(H2,31,32,33,34). The maximum Gasteiger partial charge on any atom is 0.253 e. The maximum absolute atomic E-state index is 14.1. The lowest BCUT2D eigenvalue weighted by Gasteiger charge is -2.31. The van der Waals surface area contributed by atoms with Crippen LogP contribution in [0.2, 0.25) is 0 Å². The molecule has 1 aliphatic heterocycles. The summed E-state index contributed by atoms with van der Waals surface area (Å²) in [5.74, 6) is -0.648. The smallest absolute Gasteiger partial charge is 0.253 e. The van der Waals surface area contributed by atoms with Crippen molar-refractivity contribution in [2.75, 3.05) is 36.0 Å². The lowest BCUT2D eigenvalue weighted by molar-refractivity contribution is -0.121. The summed E-state index contributed by atoms with van der Waals surface area (Å²) in [7, 11) is -3.49. The zero-order valence-electron chi connectivity index (χ0n) is 22.2. The fourth-order valence-corrected chi connectivity index (χ4v) is 6.84. The van der Waals surface area contributed by atoms with Crippen LogP contribution in [0.4, 0.5) is 21.8 Å². The quantitative estimate of drug-likeness (QED) is 0.274. The summed E-state index contributed by atoms with van der Waals surface area (Å²) >= 11 is 3.35. The Balaban J connectivity index is 1.25. The Morgan fingerprint density at radius 3 is 2.58 bits per heavy atom. The largest absolute Gasteiger partial charge is 0.365 e. The third-order valence-corrected chi connectivity index (χ3v) is 9.83. The highest BCUT2D eigenvalue weighted by Crippen LogP contribution is 2.29. The van der Waals surface area contributed by atoms with Crippen molar-refractivity contribution in [2.24, 2.45) is 11.7 Å². The molecule has 2 aliphatic rings. The Morgan fingerprint density at radius 1 is 1.15 bits per heavy atom. The number of hydrogen-bond acceptors (Lipinski definition) is 8. The molecule has 14 heteroatoms. The highest BCUT2D eigenvalue weighted by molar-refractivity contribution is 9.10. The molecule has 1 aromatic carbocycles. The zero-order chi connectivity index (χ0) is 28.7. The molecule has 2 amide bonds. The van der Waals surface area contributed by atoms with Gasteiger partial charge in [-0.3, -0.25) is 9.59 Å². The molecule has 1 aliphatic carbocycles. The second-order valence-corrected chi connectivity index (χ2v) is 13.2. The van der Waals surface area contributed by atoms with Gasteiger partial charge in [-0.1, -0.05) is 31.7 Å². The van der Waals surface area contributed by atoms with Gasteiger partial charge in [0, 0.05) is 38.3 Å². The van der Waals surface area contributed by atoms with E-state index in [9.17, 15) is 22.4 Å². The molecule has 1 saturated heterocycles. The van der Waals surface area contributed by atoms with Gasteiger partial charge in [-0.25, -0.2) is 22.1 Å². The zero-order valence-corrected chi connectivity index (χ0v) is 24.6. The number of nitrogens with zero attached hydrogens (tertiary/aromatic N) is 3. The molecule has 0 bridgehead atoms. The first-order valence-corrected chi connectivity index (χ1v) is 15.9. The molecule has 218 valence electrons. The van der Waals surface area contributed by atoms with Gasteiger partial charge in [0.2, 0.25) is 21.9 Å². The number of anilines is 3. The van der Waals surface area contributed by atoms with E-state index in [0.29, 0.717) is 54.5 Å². The van der Waals surface area contributed by atoms with Crippen molar-refractivity contribution in [3.05, 3.63) is 40.2 Å². The summed E-state index contributed by atoms with van der Waals surface area (Å²) in [5, 5.41) is 8.90. The van der Waals surface area contributed by atoms with Crippen LogP contribution in [0.1, 0.15) is 61.7 Å². The molecule has 2 fully saturated rings. The number of sulfonamides is 1. The van der Waals surface area contributed by atoms with E-state index >= 15 is 0 Å². The average Bonchev–Trinajstić information content (AvgIpc) is 3.43. The molecule has 0 spiro atoms. The number of benzene rings is 1. The van der Waals surface area contributed by atoms with Crippen molar-refractivity contribution in [1.29, 1.82) is 0 Å². The molecule has 1 aromatic heterocycles. The van der Waals surface area contributed by atoms with Gasteiger partial charge in [-0.05, 0) is 53.2 Å². The predicted molar refractivity (Wildman–Crippen MR) is 154 cm³/mol. The molecular formula is C26H35BrFN7O4S. The third kappa shape index (κ3) is 8.10. The van der Waals surface area contributed by atoms with Crippen molar-refractivity contribution in [3.63, 3.8) is 0 Å². The molecule has 1 saturated carbocycles. The van der Waals surface area contributed by atoms with Crippen molar-refractivity contribution in [1.82, 2.24) is 19.6 Å². The van der Waals surface area contributed by atoms with Crippen LogP contribution in [0.3, 0.4) is 0 Å². The highest BCUT2D eigenvalue weighted by Gasteiger charge is 2.28. The van der Waals surface area contributed by atoms with Gasteiger partial charge in [0.05, 0.1) is 21.5 Å². The van der Waals surface area contributed by atoms with Gasteiger partial charge in [0.25, 0.3) is 5.91 Å². The normalized spacial score (nSPS) is 17.1. The van der Waals surface area contributed by atoms with Crippen LogP contribution < -0.4 is 21.7 Å². The lowest BCUT2D eigenvalue weighted by atomic mass is 10.0. The van der Waals surface area contributed by atoms with Crippen LogP contribution in [-0.2, 0) is 14.8 Å². The van der Waals surface area contributed by atoms with Crippen LogP contribution in [0.15, 0.2) is 28.9 Å². The Bertz CT molecular complexity index is 1320. The average molecular weight is 641 g/mol. The Labute approximate surface area is 242 Å². The van der Waals surface area contributed by atoms with Crippen LogP contribution in [0, 0.1) is 11.7 Å². The van der Waals surface area contributed by atoms with E-state index in [1.807, 2.05) is 0 Å². The summed E-state index contributed by atoms with van der Waals surface area (Å²) in [5.41, 5.74) is 5.22. The fraction of sp³-hybridized carbons (Fsp3) is 0.538. The molecular weight excluding hydrogens is 605 g/mol. The van der Waals surface area contributed by atoms with Crippen molar-refractivity contribution >= 4 is 55.2 Å². The number of halogens is 2. The van der Waals surface area contributed by atoms with E-state index in [1.54, 1.807) is 0 Å². The summed E-state index contributed by atoms with van der Waals surface area (Å²) in [6, 6.07) is 4.05. The van der Waals surface area contributed by atoms with Crippen LogP contribution >= 0.6 is 15.9 Å².